The molecule has 3 atom stereocenters. The standard InChI is InChI=1S/C18H27N3O4/c1-4-21-12(3)16(11(2)19-21)17-14(18(23)24)7-8-15(22)20(17)10-13-6-5-9-25-13/h13-14,17H,4-10H2,1-3H3,(H,23,24)/t13-,14+,17-/m0/s1. The maximum Gasteiger partial charge on any atom is 0.308 e. The van der Waals surface area contributed by atoms with Crippen molar-refractivity contribution in [2.45, 2.75) is 65.1 Å². The van der Waals surface area contributed by atoms with Gasteiger partial charge in [0.2, 0.25) is 5.91 Å². The first kappa shape index (κ1) is 17.9. The fraction of sp³-hybridized carbons (Fsp3) is 0.722. The fourth-order valence-electron chi connectivity index (χ4n) is 4.24. The van der Waals surface area contributed by atoms with Crippen LogP contribution in [0.5, 0.6) is 0 Å². The van der Waals surface area contributed by atoms with Crippen molar-refractivity contribution in [3.8, 4) is 0 Å². The molecule has 2 saturated heterocycles. The lowest BCUT2D eigenvalue weighted by atomic mass is 9.83. The lowest BCUT2D eigenvalue weighted by Crippen LogP contribution is -2.48. The monoisotopic (exact) mass is 349 g/mol. The van der Waals surface area contributed by atoms with Crippen LogP contribution < -0.4 is 0 Å². The number of carboxylic acid groups (broad SMARTS) is 1. The van der Waals surface area contributed by atoms with E-state index in [2.05, 4.69) is 5.10 Å². The summed E-state index contributed by atoms with van der Waals surface area (Å²) in [6.07, 6.45) is 2.56. The van der Waals surface area contributed by atoms with Gasteiger partial charge in [-0.05, 0) is 40.0 Å². The Labute approximate surface area is 147 Å². The minimum absolute atomic E-state index is 0.000766. The van der Waals surface area contributed by atoms with Crippen LogP contribution >= 0.6 is 0 Å². The van der Waals surface area contributed by atoms with Gasteiger partial charge in [0.25, 0.3) is 0 Å². The highest BCUT2D eigenvalue weighted by Gasteiger charge is 2.44. The zero-order valence-electron chi connectivity index (χ0n) is 15.2. The number of likely N-dealkylation sites (tertiary alicyclic amines) is 1. The third-order valence-electron chi connectivity index (χ3n) is 5.48. The van der Waals surface area contributed by atoms with E-state index >= 15 is 0 Å². The molecule has 2 aliphatic rings. The molecule has 3 heterocycles. The second-order valence-electron chi connectivity index (χ2n) is 7.01. The van der Waals surface area contributed by atoms with Crippen molar-refractivity contribution >= 4 is 11.9 Å². The van der Waals surface area contributed by atoms with Gasteiger partial charge < -0.3 is 14.7 Å². The maximum absolute atomic E-state index is 12.7. The average Bonchev–Trinajstić information content (AvgIpc) is 3.17. The predicted molar refractivity (Wildman–Crippen MR) is 91.2 cm³/mol. The van der Waals surface area contributed by atoms with Crippen LogP contribution in [0.15, 0.2) is 0 Å². The summed E-state index contributed by atoms with van der Waals surface area (Å²) in [6.45, 7) is 7.76. The SMILES string of the molecule is CCn1nc(C)c([C@@H]2[C@H](C(=O)O)CCC(=O)N2C[C@@H]2CCCO2)c1C. The average molecular weight is 349 g/mol. The molecular formula is C18H27N3O4. The summed E-state index contributed by atoms with van der Waals surface area (Å²) in [4.78, 5) is 26.4. The number of hydrogen-bond donors (Lipinski definition) is 1. The van der Waals surface area contributed by atoms with E-state index in [9.17, 15) is 14.7 Å². The molecule has 0 radical (unpaired) electrons. The zero-order chi connectivity index (χ0) is 18.1. The van der Waals surface area contributed by atoms with Gasteiger partial charge in [0.1, 0.15) is 0 Å². The Kier molecular flexibility index (Phi) is 5.13. The molecule has 25 heavy (non-hydrogen) atoms. The number of aliphatic carboxylic acids is 1. The first-order valence-corrected chi connectivity index (χ1v) is 9.11. The molecule has 2 aliphatic heterocycles. The topological polar surface area (TPSA) is 84.7 Å². The van der Waals surface area contributed by atoms with Gasteiger partial charge in [-0.2, -0.15) is 5.10 Å². The summed E-state index contributed by atoms with van der Waals surface area (Å²) >= 11 is 0. The number of nitrogens with zero attached hydrogens (tertiary/aromatic N) is 3. The highest BCUT2D eigenvalue weighted by atomic mass is 16.5. The van der Waals surface area contributed by atoms with Crippen molar-refractivity contribution in [2.75, 3.05) is 13.2 Å². The van der Waals surface area contributed by atoms with Crippen LogP contribution in [0.2, 0.25) is 0 Å². The molecular weight excluding hydrogens is 322 g/mol. The number of hydrogen-bond acceptors (Lipinski definition) is 4. The van der Waals surface area contributed by atoms with E-state index in [-0.39, 0.29) is 18.4 Å². The molecule has 7 heteroatoms. The van der Waals surface area contributed by atoms with Crippen molar-refractivity contribution < 1.29 is 19.4 Å². The molecule has 138 valence electrons. The Balaban J connectivity index is 2.02. The molecule has 1 amide bonds. The third-order valence-corrected chi connectivity index (χ3v) is 5.48. The quantitative estimate of drug-likeness (QED) is 0.879. The fourth-order valence-corrected chi connectivity index (χ4v) is 4.24. The van der Waals surface area contributed by atoms with E-state index in [1.54, 1.807) is 4.90 Å². The predicted octanol–water partition coefficient (Wildman–Crippen LogP) is 2.06. The molecule has 0 saturated carbocycles. The smallest absolute Gasteiger partial charge is 0.308 e. The Hall–Kier alpha value is -1.89. The summed E-state index contributed by atoms with van der Waals surface area (Å²) in [5, 5.41) is 14.3. The first-order valence-electron chi connectivity index (χ1n) is 9.11. The van der Waals surface area contributed by atoms with Crippen LogP contribution in [-0.2, 0) is 20.9 Å². The minimum Gasteiger partial charge on any atom is -0.481 e. The number of carboxylic acids is 1. The molecule has 3 rings (SSSR count). The van der Waals surface area contributed by atoms with Crippen molar-refractivity contribution in [1.29, 1.82) is 0 Å². The van der Waals surface area contributed by atoms with Gasteiger partial charge in [-0.1, -0.05) is 0 Å². The van der Waals surface area contributed by atoms with E-state index in [1.165, 1.54) is 0 Å². The van der Waals surface area contributed by atoms with Crippen molar-refractivity contribution in [1.82, 2.24) is 14.7 Å². The number of amides is 1. The summed E-state index contributed by atoms with van der Waals surface area (Å²) in [7, 11) is 0. The molecule has 2 fully saturated rings. The highest BCUT2D eigenvalue weighted by molar-refractivity contribution is 5.82. The minimum atomic E-state index is -0.849. The van der Waals surface area contributed by atoms with Gasteiger partial charge in [0.05, 0.1) is 23.8 Å². The van der Waals surface area contributed by atoms with Gasteiger partial charge in [0.15, 0.2) is 0 Å². The number of piperidine rings is 1. The Morgan fingerprint density at radius 3 is 2.68 bits per heavy atom. The molecule has 7 nitrogen and oxygen atoms in total. The molecule has 0 aliphatic carbocycles. The summed E-state index contributed by atoms with van der Waals surface area (Å²) in [5.41, 5.74) is 2.64. The summed E-state index contributed by atoms with van der Waals surface area (Å²) in [6, 6.07) is -0.469. The Morgan fingerprint density at radius 2 is 2.12 bits per heavy atom. The Bertz CT molecular complexity index is 664. The van der Waals surface area contributed by atoms with Crippen LogP contribution in [0.25, 0.3) is 0 Å². The van der Waals surface area contributed by atoms with E-state index in [4.69, 9.17) is 4.74 Å². The van der Waals surface area contributed by atoms with Crippen LogP contribution in [0.4, 0.5) is 0 Å². The first-order chi connectivity index (χ1) is 11.9. The molecule has 0 unspecified atom stereocenters. The lowest BCUT2D eigenvalue weighted by Gasteiger charge is -2.41. The number of aromatic nitrogens is 2. The van der Waals surface area contributed by atoms with Gasteiger partial charge in [-0.15, -0.1) is 0 Å². The van der Waals surface area contributed by atoms with Crippen LogP contribution in [0, 0.1) is 19.8 Å². The maximum atomic E-state index is 12.7. The third kappa shape index (κ3) is 3.29. The van der Waals surface area contributed by atoms with E-state index in [0.29, 0.717) is 19.6 Å². The number of aryl methyl sites for hydroxylation is 2. The summed E-state index contributed by atoms with van der Waals surface area (Å²) in [5.74, 6) is -1.44. The highest BCUT2D eigenvalue weighted by Crippen LogP contribution is 2.40. The molecule has 1 N–H and O–H groups in total. The van der Waals surface area contributed by atoms with Crippen molar-refractivity contribution in [2.24, 2.45) is 5.92 Å². The molecule has 0 bridgehead atoms. The Morgan fingerprint density at radius 1 is 1.36 bits per heavy atom. The number of ether oxygens (including phenoxy) is 1. The second-order valence-corrected chi connectivity index (χ2v) is 7.01. The zero-order valence-corrected chi connectivity index (χ0v) is 15.2. The van der Waals surface area contributed by atoms with Crippen LogP contribution in [0.1, 0.15) is 55.6 Å². The number of carbonyl (C=O) groups is 2. The summed E-state index contributed by atoms with van der Waals surface area (Å²) < 4.78 is 7.59. The second kappa shape index (κ2) is 7.15. The van der Waals surface area contributed by atoms with Crippen LogP contribution in [-0.4, -0.2) is 50.9 Å². The molecule has 0 spiro atoms. The molecule has 1 aromatic rings. The van der Waals surface area contributed by atoms with E-state index in [1.807, 2.05) is 25.5 Å². The number of carbonyl (C=O) groups excluding carboxylic acids is 1. The lowest BCUT2D eigenvalue weighted by molar-refractivity contribution is -0.153. The van der Waals surface area contributed by atoms with E-state index < -0.39 is 17.9 Å². The van der Waals surface area contributed by atoms with Crippen molar-refractivity contribution in [3.05, 3.63) is 17.0 Å². The van der Waals surface area contributed by atoms with Gasteiger partial charge in [0, 0.05) is 37.4 Å². The number of rotatable bonds is 5. The van der Waals surface area contributed by atoms with E-state index in [0.717, 1.165) is 36.3 Å². The largest absolute Gasteiger partial charge is 0.481 e. The van der Waals surface area contributed by atoms with Crippen molar-refractivity contribution in [3.63, 3.8) is 0 Å². The molecule has 0 aromatic carbocycles. The van der Waals surface area contributed by atoms with Gasteiger partial charge >= 0.3 is 5.97 Å². The van der Waals surface area contributed by atoms with Gasteiger partial charge in [-0.3, -0.25) is 14.3 Å². The molecule has 1 aromatic heterocycles. The van der Waals surface area contributed by atoms with Crippen LogP contribution in [0.3, 0.4) is 0 Å². The van der Waals surface area contributed by atoms with Gasteiger partial charge in [-0.25, -0.2) is 0 Å². The normalized spacial score (nSPS) is 27.1.